The van der Waals surface area contributed by atoms with Gasteiger partial charge < -0.3 is 4.90 Å². The molecule has 0 N–H and O–H groups in total. The number of urea groups is 1. The first-order valence-corrected chi connectivity index (χ1v) is 3.53. The maximum absolute atomic E-state index is 10.9. The van der Waals surface area contributed by atoms with Gasteiger partial charge in [0.25, 0.3) is 0 Å². The molecule has 0 aromatic carbocycles. The van der Waals surface area contributed by atoms with Crippen LogP contribution in [-0.2, 0) is 0 Å². The summed E-state index contributed by atoms with van der Waals surface area (Å²) in [7, 11) is 0. The zero-order valence-corrected chi connectivity index (χ0v) is 6.79. The van der Waals surface area contributed by atoms with Crippen molar-refractivity contribution in [2.75, 3.05) is 13.1 Å². The van der Waals surface area contributed by atoms with E-state index >= 15 is 0 Å². The number of aliphatic imine (C=N–C) groups is 1. The zero-order chi connectivity index (χ0) is 7.98. The highest BCUT2D eigenvalue weighted by Gasteiger charge is 2.04. The summed E-state index contributed by atoms with van der Waals surface area (Å²) in [5.41, 5.74) is 0. The monoisotopic (exact) mass is 142 g/mol. The number of amides is 2. The SMILES string of the molecule is C/C=N/C(=O)N(CC)CC. The van der Waals surface area contributed by atoms with Crippen LogP contribution in [0.15, 0.2) is 4.99 Å². The van der Waals surface area contributed by atoms with Crippen molar-refractivity contribution in [3.8, 4) is 0 Å². The summed E-state index contributed by atoms with van der Waals surface area (Å²) in [6.07, 6.45) is 1.51. The summed E-state index contributed by atoms with van der Waals surface area (Å²) in [6.45, 7) is 7.07. The van der Waals surface area contributed by atoms with Crippen LogP contribution in [0.4, 0.5) is 4.79 Å². The molecule has 3 heteroatoms. The van der Waals surface area contributed by atoms with Gasteiger partial charge in [0.2, 0.25) is 0 Å². The number of hydrogen-bond acceptors (Lipinski definition) is 1. The van der Waals surface area contributed by atoms with Crippen LogP contribution in [0, 0.1) is 0 Å². The first-order chi connectivity index (χ1) is 4.76. The standard InChI is InChI=1S/C7H14N2O/c1-4-8-7(10)9(5-2)6-3/h4H,5-6H2,1-3H3/b8-4+. The van der Waals surface area contributed by atoms with Crippen LogP contribution in [0.3, 0.4) is 0 Å². The minimum Gasteiger partial charge on any atom is -0.323 e. The van der Waals surface area contributed by atoms with Gasteiger partial charge in [-0.05, 0) is 20.8 Å². The molecule has 3 nitrogen and oxygen atoms in total. The molecule has 58 valence electrons. The zero-order valence-electron chi connectivity index (χ0n) is 6.79. The van der Waals surface area contributed by atoms with Crippen molar-refractivity contribution in [1.82, 2.24) is 4.90 Å². The van der Waals surface area contributed by atoms with E-state index in [0.717, 1.165) is 13.1 Å². The number of rotatable bonds is 2. The third kappa shape index (κ3) is 2.62. The summed E-state index contributed by atoms with van der Waals surface area (Å²) in [5, 5.41) is 0. The van der Waals surface area contributed by atoms with Crippen molar-refractivity contribution < 1.29 is 4.79 Å². The fourth-order valence-electron chi connectivity index (χ4n) is 0.686. The normalized spacial score (nSPS) is 10.3. The molecule has 0 fully saturated rings. The number of carbonyl (C=O) groups is 1. The molecule has 0 saturated heterocycles. The van der Waals surface area contributed by atoms with Gasteiger partial charge in [-0.15, -0.1) is 0 Å². The van der Waals surface area contributed by atoms with Crippen LogP contribution in [0.5, 0.6) is 0 Å². The second-order valence-corrected chi connectivity index (χ2v) is 1.84. The average molecular weight is 142 g/mol. The van der Waals surface area contributed by atoms with Crippen LogP contribution >= 0.6 is 0 Å². The van der Waals surface area contributed by atoms with E-state index in [4.69, 9.17) is 0 Å². The fraction of sp³-hybridized carbons (Fsp3) is 0.714. The molecule has 0 rings (SSSR count). The highest BCUT2D eigenvalue weighted by Crippen LogP contribution is 1.90. The molecule has 0 atom stereocenters. The molecule has 0 aromatic rings. The third-order valence-electron chi connectivity index (χ3n) is 1.27. The van der Waals surface area contributed by atoms with Crippen LogP contribution in [0.25, 0.3) is 0 Å². The lowest BCUT2D eigenvalue weighted by Gasteiger charge is -2.14. The summed E-state index contributed by atoms with van der Waals surface area (Å²) in [4.78, 5) is 16.2. The number of hydrogen-bond donors (Lipinski definition) is 0. The van der Waals surface area contributed by atoms with Crippen molar-refractivity contribution >= 4 is 12.2 Å². The smallest absolute Gasteiger partial charge is 0.323 e. The number of carbonyl (C=O) groups excluding carboxylic acids is 1. The van der Waals surface area contributed by atoms with Gasteiger partial charge in [-0.25, -0.2) is 9.79 Å². The van der Waals surface area contributed by atoms with Gasteiger partial charge in [-0.1, -0.05) is 0 Å². The predicted octanol–water partition coefficient (Wildman–Crippen LogP) is 1.54. The molecule has 0 spiro atoms. The van der Waals surface area contributed by atoms with E-state index in [2.05, 4.69) is 4.99 Å². The van der Waals surface area contributed by atoms with Crippen LogP contribution in [0.2, 0.25) is 0 Å². The Hall–Kier alpha value is -0.860. The van der Waals surface area contributed by atoms with Crippen LogP contribution in [0.1, 0.15) is 20.8 Å². The Morgan fingerprint density at radius 2 is 2.00 bits per heavy atom. The van der Waals surface area contributed by atoms with Gasteiger partial charge in [-0.2, -0.15) is 0 Å². The Bertz CT molecular complexity index is 128. The Labute approximate surface area is 61.7 Å². The highest BCUT2D eigenvalue weighted by atomic mass is 16.2. The van der Waals surface area contributed by atoms with Crippen LogP contribution in [-0.4, -0.2) is 30.2 Å². The Morgan fingerprint density at radius 3 is 2.30 bits per heavy atom. The third-order valence-corrected chi connectivity index (χ3v) is 1.27. The molecule has 0 aliphatic heterocycles. The van der Waals surface area contributed by atoms with Crippen molar-refractivity contribution in [1.29, 1.82) is 0 Å². The maximum Gasteiger partial charge on any atom is 0.343 e. The summed E-state index contributed by atoms with van der Waals surface area (Å²) >= 11 is 0. The molecule has 2 amide bonds. The van der Waals surface area contributed by atoms with E-state index in [-0.39, 0.29) is 6.03 Å². The quantitative estimate of drug-likeness (QED) is 0.538. The predicted molar refractivity (Wildman–Crippen MR) is 42.5 cm³/mol. The van der Waals surface area contributed by atoms with E-state index in [1.165, 1.54) is 6.21 Å². The van der Waals surface area contributed by atoms with E-state index in [1.807, 2.05) is 13.8 Å². The van der Waals surface area contributed by atoms with Gasteiger partial charge in [-0.3, -0.25) is 0 Å². The Morgan fingerprint density at radius 1 is 1.50 bits per heavy atom. The topological polar surface area (TPSA) is 32.7 Å². The summed E-state index contributed by atoms with van der Waals surface area (Å²) < 4.78 is 0. The Balaban J connectivity index is 3.89. The molecule has 10 heavy (non-hydrogen) atoms. The second kappa shape index (κ2) is 4.97. The molecule has 0 bridgehead atoms. The van der Waals surface area contributed by atoms with Crippen molar-refractivity contribution in [3.63, 3.8) is 0 Å². The van der Waals surface area contributed by atoms with Gasteiger partial charge in [0.1, 0.15) is 0 Å². The van der Waals surface area contributed by atoms with Gasteiger partial charge in [0.15, 0.2) is 0 Å². The van der Waals surface area contributed by atoms with E-state index in [0.29, 0.717) is 0 Å². The van der Waals surface area contributed by atoms with E-state index < -0.39 is 0 Å². The van der Waals surface area contributed by atoms with Gasteiger partial charge in [0.05, 0.1) is 0 Å². The molecule has 0 heterocycles. The largest absolute Gasteiger partial charge is 0.343 e. The first-order valence-electron chi connectivity index (χ1n) is 3.53. The lowest BCUT2D eigenvalue weighted by atomic mass is 10.5. The highest BCUT2D eigenvalue weighted by molar-refractivity contribution is 5.82. The lowest BCUT2D eigenvalue weighted by molar-refractivity contribution is 0.213. The van der Waals surface area contributed by atoms with E-state index in [1.54, 1.807) is 11.8 Å². The van der Waals surface area contributed by atoms with Crippen LogP contribution < -0.4 is 0 Å². The maximum atomic E-state index is 10.9. The molecule has 0 aromatic heterocycles. The molecule has 0 aliphatic rings. The van der Waals surface area contributed by atoms with Gasteiger partial charge in [0, 0.05) is 19.3 Å². The molecular formula is C7H14N2O. The van der Waals surface area contributed by atoms with E-state index in [9.17, 15) is 4.79 Å². The minimum absolute atomic E-state index is 0.146. The number of nitrogens with zero attached hydrogens (tertiary/aromatic N) is 2. The summed E-state index contributed by atoms with van der Waals surface area (Å²) in [5.74, 6) is 0. The lowest BCUT2D eigenvalue weighted by Crippen LogP contribution is -2.27. The van der Waals surface area contributed by atoms with Crippen molar-refractivity contribution in [3.05, 3.63) is 0 Å². The molecular weight excluding hydrogens is 128 g/mol. The first kappa shape index (κ1) is 9.14. The van der Waals surface area contributed by atoms with Gasteiger partial charge >= 0.3 is 6.03 Å². The van der Waals surface area contributed by atoms with Crippen molar-refractivity contribution in [2.24, 2.45) is 4.99 Å². The fourth-order valence-corrected chi connectivity index (χ4v) is 0.686. The van der Waals surface area contributed by atoms with Crippen molar-refractivity contribution in [2.45, 2.75) is 20.8 Å². The molecule has 0 radical (unpaired) electrons. The molecule has 0 unspecified atom stereocenters. The molecule has 0 aliphatic carbocycles. The average Bonchev–Trinajstić information content (AvgIpc) is 1.91. The minimum atomic E-state index is -0.146. The molecule has 0 saturated carbocycles. The summed E-state index contributed by atoms with van der Waals surface area (Å²) in [6, 6.07) is -0.146. The Kier molecular flexibility index (Phi) is 4.54. The second-order valence-electron chi connectivity index (χ2n) is 1.84.